The van der Waals surface area contributed by atoms with Gasteiger partial charge in [0.15, 0.2) is 11.5 Å². The van der Waals surface area contributed by atoms with Crippen LogP contribution in [0.25, 0.3) is 0 Å². The number of carbonyl (C=O) groups excluding carboxylic acids is 1. The molecule has 0 atom stereocenters. The molecule has 0 saturated heterocycles. The first kappa shape index (κ1) is 18.5. The fourth-order valence-electron chi connectivity index (χ4n) is 2.96. The van der Waals surface area contributed by atoms with Crippen molar-refractivity contribution in [2.24, 2.45) is 0 Å². The van der Waals surface area contributed by atoms with Crippen molar-refractivity contribution in [1.29, 1.82) is 0 Å². The number of ether oxygens (including phenoxy) is 3. The van der Waals surface area contributed by atoms with Gasteiger partial charge in [0.1, 0.15) is 19.0 Å². The summed E-state index contributed by atoms with van der Waals surface area (Å²) in [4.78, 5) is 20.9. The van der Waals surface area contributed by atoms with Crippen LogP contribution in [0.3, 0.4) is 0 Å². The molecule has 29 heavy (non-hydrogen) atoms. The van der Waals surface area contributed by atoms with Gasteiger partial charge in [-0.15, -0.1) is 0 Å². The predicted octanol–water partition coefficient (Wildman–Crippen LogP) is 3.83. The summed E-state index contributed by atoms with van der Waals surface area (Å²) in [6, 6.07) is 14.5. The first-order valence-corrected chi connectivity index (χ1v) is 9.09. The van der Waals surface area contributed by atoms with Gasteiger partial charge in [-0.1, -0.05) is 12.1 Å². The predicted molar refractivity (Wildman–Crippen MR) is 109 cm³/mol. The number of benzene rings is 2. The Hall–Kier alpha value is -3.81. The number of esters is 1. The van der Waals surface area contributed by atoms with Crippen LogP contribution in [0.2, 0.25) is 0 Å². The molecule has 0 spiro atoms. The highest BCUT2D eigenvalue weighted by Crippen LogP contribution is 2.33. The molecule has 0 amide bonds. The Bertz CT molecular complexity index is 1050. The van der Waals surface area contributed by atoms with Gasteiger partial charge >= 0.3 is 5.97 Å². The van der Waals surface area contributed by atoms with Crippen molar-refractivity contribution in [3.63, 3.8) is 0 Å². The van der Waals surface area contributed by atoms with Gasteiger partial charge in [0, 0.05) is 23.5 Å². The second-order valence-electron chi connectivity index (χ2n) is 6.36. The van der Waals surface area contributed by atoms with Crippen molar-refractivity contribution in [1.82, 2.24) is 9.97 Å². The summed E-state index contributed by atoms with van der Waals surface area (Å²) in [5.74, 6) is 1.95. The minimum atomic E-state index is -0.435. The maximum absolute atomic E-state index is 12.0. The molecule has 0 saturated carbocycles. The lowest BCUT2D eigenvalue weighted by atomic mass is 10.2. The third kappa shape index (κ3) is 4.21. The van der Waals surface area contributed by atoms with Crippen LogP contribution in [0.4, 0.5) is 23.1 Å². The summed E-state index contributed by atoms with van der Waals surface area (Å²) < 4.78 is 16.0. The van der Waals surface area contributed by atoms with Crippen LogP contribution in [0.5, 0.6) is 11.5 Å². The summed E-state index contributed by atoms with van der Waals surface area (Å²) in [7, 11) is 1.34. The fourth-order valence-corrected chi connectivity index (χ4v) is 2.96. The van der Waals surface area contributed by atoms with Gasteiger partial charge in [0.05, 0.1) is 18.4 Å². The van der Waals surface area contributed by atoms with E-state index < -0.39 is 5.97 Å². The Morgan fingerprint density at radius 2 is 1.79 bits per heavy atom. The van der Waals surface area contributed by atoms with Crippen LogP contribution < -0.4 is 20.1 Å². The lowest BCUT2D eigenvalue weighted by Crippen LogP contribution is -2.15. The second kappa shape index (κ2) is 8.05. The third-order valence-corrected chi connectivity index (χ3v) is 4.25. The molecule has 1 aliphatic rings. The number of hydrogen-bond acceptors (Lipinski definition) is 8. The van der Waals surface area contributed by atoms with Crippen LogP contribution in [0.1, 0.15) is 16.1 Å². The van der Waals surface area contributed by atoms with Crippen molar-refractivity contribution in [2.75, 3.05) is 31.0 Å². The van der Waals surface area contributed by atoms with Crippen molar-refractivity contribution < 1.29 is 19.0 Å². The Balaban J connectivity index is 1.58. The molecule has 3 aromatic rings. The van der Waals surface area contributed by atoms with Gasteiger partial charge in [-0.2, -0.15) is 4.98 Å². The molecule has 0 radical (unpaired) electrons. The molecule has 4 rings (SSSR count). The Labute approximate surface area is 167 Å². The normalized spacial score (nSPS) is 12.2. The summed E-state index contributed by atoms with van der Waals surface area (Å²) in [5, 5.41) is 6.35. The third-order valence-electron chi connectivity index (χ3n) is 4.25. The molecule has 0 aliphatic carbocycles. The average Bonchev–Trinajstić information content (AvgIpc) is 2.73. The van der Waals surface area contributed by atoms with Crippen LogP contribution in [-0.2, 0) is 4.74 Å². The number of anilines is 4. The molecule has 1 aliphatic heterocycles. The number of methoxy groups -OCH3 is 1. The first-order valence-electron chi connectivity index (χ1n) is 9.09. The van der Waals surface area contributed by atoms with Gasteiger partial charge in [-0.05, 0) is 31.2 Å². The number of carbonyl (C=O) groups is 1. The molecule has 0 fully saturated rings. The van der Waals surface area contributed by atoms with E-state index in [1.807, 2.05) is 37.3 Å². The first-order chi connectivity index (χ1) is 14.1. The minimum absolute atomic E-state index is 0.362. The number of fused-ring (bicyclic) bond motifs is 1. The molecular formula is C21H20N4O4. The van der Waals surface area contributed by atoms with Crippen LogP contribution in [0.15, 0.2) is 48.5 Å². The zero-order valence-electron chi connectivity index (χ0n) is 16.1. The van der Waals surface area contributed by atoms with E-state index in [0.29, 0.717) is 42.0 Å². The maximum Gasteiger partial charge on any atom is 0.339 e. The highest BCUT2D eigenvalue weighted by Gasteiger charge is 2.14. The van der Waals surface area contributed by atoms with Crippen molar-refractivity contribution in [3.05, 3.63) is 59.8 Å². The highest BCUT2D eigenvalue weighted by atomic mass is 16.6. The summed E-state index contributed by atoms with van der Waals surface area (Å²) in [6.07, 6.45) is 0. The Morgan fingerprint density at radius 3 is 2.62 bits per heavy atom. The molecule has 0 bridgehead atoms. The molecule has 2 N–H and O–H groups in total. The van der Waals surface area contributed by atoms with E-state index in [9.17, 15) is 4.79 Å². The SMILES string of the molecule is COC(=O)c1ccccc1Nc1nc(C)cc(Nc2ccc3c(c2)OCCO3)n1. The van der Waals surface area contributed by atoms with Gasteiger partial charge in [0.2, 0.25) is 5.95 Å². The minimum Gasteiger partial charge on any atom is -0.486 e. The van der Waals surface area contributed by atoms with E-state index in [2.05, 4.69) is 20.6 Å². The standard InChI is InChI=1S/C21H20N4O4/c1-13-11-19(23-14-7-8-17-18(12-14)29-10-9-28-17)25-21(22-13)24-16-6-4-3-5-15(16)20(26)27-2/h3-8,11-12H,9-10H2,1-2H3,(H2,22,23,24,25). The second-order valence-corrected chi connectivity index (χ2v) is 6.36. The fraction of sp³-hybridized carbons (Fsp3) is 0.190. The molecule has 1 aromatic heterocycles. The van der Waals surface area contributed by atoms with E-state index in [0.717, 1.165) is 17.1 Å². The number of nitrogens with one attached hydrogen (secondary N) is 2. The molecular weight excluding hydrogens is 372 g/mol. The van der Waals surface area contributed by atoms with Crippen LogP contribution in [-0.4, -0.2) is 36.3 Å². The number of nitrogens with zero attached hydrogens (tertiary/aromatic N) is 2. The number of aromatic nitrogens is 2. The number of hydrogen-bond donors (Lipinski definition) is 2. The molecule has 2 heterocycles. The van der Waals surface area contributed by atoms with E-state index >= 15 is 0 Å². The van der Waals surface area contributed by atoms with Crippen molar-refractivity contribution >= 4 is 29.1 Å². The van der Waals surface area contributed by atoms with E-state index in [4.69, 9.17) is 14.2 Å². The largest absolute Gasteiger partial charge is 0.486 e. The topological polar surface area (TPSA) is 94.6 Å². The average molecular weight is 392 g/mol. The quantitative estimate of drug-likeness (QED) is 0.633. The van der Waals surface area contributed by atoms with E-state index in [-0.39, 0.29) is 0 Å². The molecule has 2 aromatic carbocycles. The van der Waals surface area contributed by atoms with Gasteiger partial charge < -0.3 is 24.8 Å². The lowest BCUT2D eigenvalue weighted by molar-refractivity contribution is 0.0602. The number of para-hydroxylation sites is 1. The zero-order chi connectivity index (χ0) is 20.2. The lowest BCUT2D eigenvalue weighted by Gasteiger charge is -2.19. The summed E-state index contributed by atoms with van der Waals surface area (Å²) in [5.41, 5.74) is 2.54. The number of rotatable bonds is 5. The van der Waals surface area contributed by atoms with E-state index in [1.54, 1.807) is 18.2 Å². The molecule has 8 nitrogen and oxygen atoms in total. The molecule has 0 unspecified atom stereocenters. The smallest absolute Gasteiger partial charge is 0.339 e. The van der Waals surface area contributed by atoms with E-state index in [1.165, 1.54) is 7.11 Å². The van der Waals surface area contributed by atoms with Crippen LogP contribution >= 0.6 is 0 Å². The number of aryl methyl sites for hydroxylation is 1. The monoisotopic (exact) mass is 392 g/mol. The maximum atomic E-state index is 12.0. The summed E-state index contributed by atoms with van der Waals surface area (Å²) >= 11 is 0. The molecule has 8 heteroatoms. The zero-order valence-corrected chi connectivity index (χ0v) is 16.1. The summed E-state index contributed by atoms with van der Waals surface area (Å²) in [6.45, 7) is 2.94. The van der Waals surface area contributed by atoms with Gasteiger partial charge in [-0.3, -0.25) is 0 Å². The van der Waals surface area contributed by atoms with Gasteiger partial charge in [0.25, 0.3) is 0 Å². The van der Waals surface area contributed by atoms with Crippen molar-refractivity contribution in [2.45, 2.75) is 6.92 Å². The highest BCUT2D eigenvalue weighted by molar-refractivity contribution is 5.96. The molecule has 148 valence electrons. The Morgan fingerprint density at radius 1 is 1.00 bits per heavy atom. The Kier molecular flexibility index (Phi) is 5.15. The van der Waals surface area contributed by atoms with Gasteiger partial charge in [-0.25, -0.2) is 9.78 Å². The van der Waals surface area contributed by atoms with Crippen molar-refractivity contribution in [3.8, 4) is 11.5 Å². The van der Waals surface area contributed by atoms with Crippen LogP contribution in [0, 0.1) is 6.92 Å².